The summed E-state index contributed by atoms with van der Waals surface area (Å²) in [6.07, 6.45) is 0. The molecule has 18 heavy (non-hydrogen) atoms. The Morgan fingerprint density at radius 3 is 2.50 bits per heavy atom. The van der Waals surface area contributed by atoms with Gasteiger partial charge in [-0.25, -0.2) is 4.99 Å². The Hall–Kier alpha value is -2.38. The van der Waals surface area contributed by atoms with Gasteiger partial charge in [-0.15, -0.1) is 0 Å². The van der Waals surface area contributed by atoms with E-state index < -0.39 is 6.61 Å². The number of hydrogen-bond acceptors (Lipinski definition) is 2. The maximum atomic E-state index is 12.2. The van der Waals surface area contributed by atoms with Gasteiger partial charge >= 0.3 is 6.61 Å². The second-order valence-electron chi connectivity index (χ2n) is 3.36. The molecule has 1 aromatic carbocycles. The summed E-state index contributed by atoms with van der Waals surface area (Å²) in [6, 6.07) is 4.55. The largest absolute Gasteiger partial charge is 0.433 e. The van der Waals surface area contributed by atoms with Crippen molar-refractivity contribution in [1.29, 1.82) is 0 Å². The zero-order valence-corrected chi connectivity index (χ0v) is 9.60. The summed E-state index contributed by atoms with van der Waals surface area (Å²) < 4.78 is 28.7. The Bertz CT molecular complexity index is 483. The fourth-order valence-corrected chi connectivity index (χ4v) is 1.18. The number of halogens is 2. The number of nitrogens with two attached hydrogens (primary N) is 3. The van der Waals surface area contributed by atoms with Gasteiger partial charge in [0.25, 0.3) is 0 Å². The van der Waals surface area contributed by atoms with Crippen molar-refractivity contribution in [2.45, 2.75) is 13.5 Å². The average Bonchev–Trinajstić information content (AvgIpc) is 2.20. The second kappa shape index (κ2) is 5.80. The second-order valence-corrected chi connectivity index (χ2v) is 3.36. The van der Waals surface area contributed by atoms with E-state index in [4.69, 9.17) is 17.2 Å². The van der Waals surface area contributed by atoms with E-state index in [-0.39, 0.29) is 23.4 Å². The first-order chi connectivity index (χ1) is 8.38. The predicted molar refractivity (Wildman–Crippen MR) is 64.9 cm³/mol. The van der Waals surface area contributed by atoms with E-state index in [0.29, 0.717) is 0 Å². The fourth-order valence-electron chi connectivity index (χ4n) is 1.18. The van der Waals surface area contributed by atoms with E-state index >= 15 is 0 Å². The Kier molecular flexibility index (Phi) is 4.41. The maximum Gasteiger partial charge on any atom is 0.387 e. The average molecular weight is 257 g/mol. The summed E-state index contributed by atoms with van der Waals surface area (Å²) in [4.78, 5) is 7.25. The standard InChI is InChI=1S/C10H13F2N5O/c1-5-2-3-6(7(4-5)18-8(11)12)16-10(15)17-9(13)14/h2-4,8H,1H3,(H6,13,14,15,16,17). The molecule has 0 aromatic heterocycles. The van der Waals surface area contributed by atoms with Gasteiger partial charge in [-0.05, 0) is 24.6 Å². The van der Waals surface area contributed by atoms with Crippen LogP contribution in [0.1, 0.15) is 5.56 Å². The van der Waals surface area contributed by atoms with E-state index in [2.05, 4.69) is 14.7 Å². The third-order valence-corrected chi connectivity index (χ3v) is 1.81. The molecule has 0 aliphatic rings. The number of nitrogens with zero attached hydrogens (tertiary/aromatic N) is 2. The van der Waals surface area contributed by atoms with Crippen LogP contribution in [0.15, 0.2) is 28.2 Å². The minimum Gasteiger partial charge on any atom is -0.433 e. The van der Waals surface area contributed by atoms with Gasteiger partial charge in [0.15, 0.2) is 11.7 Å². The highest BCUT2D eigenvalue weighted by atomic mass is 19.3. The fraction of sp³-hybridized carbons (Fsp3) is 0.200. The number of rotatable bonds is 3. The molecule has 0 saturated carbocycles. The van der Waals surface area contributed by atoms with Crippen molar-refractivity contribution in [3.63, 3.8) is 0 Å². The van der Waals surface area contributed by atoms with Gasteiger partial charge in [-0.1, -0.05) is 6.07 Å². The first kappa shape index (κ1) is 13.7. The predicted octanol–water partition coefficient (Wildman–Crippen LogP) is 0.816. The van der Waals surface area contributed by atoms with Gasteiger partial charge in [0.05, 0.1) is 0 Å². The zero-order chi connectivity index (χ0) is 13.7. The number of ether oxygens (including phenoxy) is 1. The topological polar surface area (TPSA) is 112 Å². The Labute approximate surface area is 102 Å². The number of aryl methyl sites for hydroxylation is 1. The van der Waals surface area contributed by atoms with Crippen LogP contribution in [0.4, 0.5) is 14.5 Å². The lowest BCUT2D eigenvalue weighted by Crippen LogP contribution is -2.26. The van der Waals surface area contributed by atoms with Crippen molar-refractivity contribution >= 4 is 17.6 Å². The third kappa shape index (κ3) is 4.24. The number of alkyl halides is 2. The SMILES string of the molecule is Cc1ccc(N=C(N)N=C(N)N)c(OC(F)F)c1. The lowest BCUT2D eigenvalue weighted by Gasteiger charge is -2.08. The molecular weight excluding hydrogens is 244 g/mol. The number of hydrogen-bond donors (Lipinski definition) is 3. The molecule has 0 aliphatic carbocycles. The summed E-state index contributed by atoms with van der Waals surface area (Å²) in [5.74, 6) is -0.628. The van der Waals surface area contributed by atoms with Crippen molar-refractivity contribution in [3.05, 3.63) is 23.8 Å². The smallest absolute Gasteiger partial charge is 0.387 e. The molecule has 6 N–H and O–H groups in total. The van der Waals surface area contributed by atoms with E-state index in [0.717, 1.165) is 5.56 Å². The van der Waals surface area contributed by atoms with Gasteiger partial charge in [-0.2, -0.15) is 13.8 Å². The highest BCUT2D eigenvalue weighted by molar-refractivity contribution is 5.93. The van der Waals surface area contributed by atoms with E-state index in [1.54, 1.807) is 13.0 Å². The molecule has 0 aliphatic heterocycles. The van der Waals surface area contributed by atoms with Crippen LogP contribution in [0.3, 0.4) is 0 Å². The minimum atomic E-state index is -2.95. The van der Waals surface area contributed by atoms with Crippen molar-refractivity contribution in [2.24, 2.45) is 27.2 Å². The van der Waals surface area contributed by atoms with Crippen molar-refractivity contribution in [1.82, 2.24) is 0 Å². The zero-order valence-electron chi connectivity index (χ0n) is 9.60. The molecule has 98 valence electrons. The van der Waals surface area contributed by atoms with Crippen molar-refractivity contribution < 1.29 is 13.5 Å². The monoisotopic (exact) mass is 257 g/mol. The molecule has 0 fully saturated rings. The van der Waals surface area contributed by atoms with Crippen LogP contribution in [-0.4, -0.2) is 18.5 Å². The first-order valence-electron chi connectivity index (χ1n) is 4.87. The molecule has 6 nitrogen and oxygen atoms in total. The van der Waals surface area contributed by atoms with Crippen LogP contribution in [0, 0.1) is 6.92 Å². The minimum absolute atomic E-state index is 0.0984. The third-order valence-electron chi connectivity index (χ3n) is 1.81. The molecule has 1 rings (SSSR count). The number of guanidine groups is 2. The summed E-state index contributed by atoms with van der Waals surface area (Å²) in [5, 5.41) is 0. The molecule has 0 bridgehead atoms. The molecule has 0 radical (unpaired) electrons. The molecule has 0 heterocycles. The highest BCUT2D eigenvalue weighted by Crippen LogP contribution is 2.29. The van der Waals surface area contributed by atoms with Crippen LogP contribution in [-0.2, 0) is 0 Å². The van der Waals surface area contributed by atoms with Gasteiger partial charge < -0.3 is 21.9 Å². The summed E-state index contributed by atoms with van der Waals surface area (Å²) in [5.41, 5.74) is 16.5. The van der Waals surface area contributed by atoms with Gasteiger partial charge in [0, 0.05) is 0 Å². The van der Waals surface area contributed by atoms with Crippen LogP contribution in [0.25, 0.3) is 0 Å². The molecule has 0 unspecified atom stereocenters. The summed E-state index contributed by atoms with van der Waals surface area (Å²) in [7, 11) is 0. The van der Waals surface area contributed by atoms with Crippen molar-refractivity contribution in [3.8, 4) is 5.75 Å². The molecule has 0 spiro atoms. The van der Waals surface area contributed by atoms with Crippen LogP contribution in [0.5, 0.6) is 5.75 Å². The first-order valence-corrected chi connectivity index (χ1v) is 4.87. The van der Waals surface area contributed by atoms with E-state index in [1.165, 1.54) is 12.1 Å². The van der Waals surface area contributed by atoms with Crippen LogP contribution in [0.2, 0.25) is 0 Å². The lowest BCUT2D eigenvalue weighted by molar-refractivity contribution is -0.0494. The highest BCUT2D eigenvalue weighted by Gasteiger charge is 2.09. The number of aliphatic imine (C=N–C) groups is 2. The number of benzene rings is 1. The lowest BCUT2D eigenvalue weighted by atomic mass is 10.2. The van der Waals surface area contributed by atoms with Gasteiger partial charge in [-0.3, -0.25) is 0 Å². The van der Waals surface area contributed by atoms with Crippen molar-refractivity contribution in [2.75, 3.05) is 0 Å². The normalized spacial score (nSPS) is 11.4. The van der Waals surface area contributed by atoms with Crippen LogP contribution >= 0.6 is 0 Å². The molecule has 1 aromatic rings. The summed E-state index contributed by atoms with van der Waals surface area (Å²) in [6.45, 7) is -1.23. The quantitative estimate of drug-likeness (QED) is 0.549. The molecule has 0 amide bonds. The molecular formula is C10H13F2N5O. The molecule has 0 saturated heterocycles. The molecule has 0 atom stereocenters. The summed E-state index contributed by atoms with van der Waals surface area (Å²) >= 11 is 0. The van der Waals surface area contributed by atoms with Crippen LogP contribution < -0.4 is 21.9 Å². The maximum absolute atomic E-state index is 12.2. The van der Waals surface area contributed by atoms with E-state index in [1.807, 2.05) is 0 Å². The van der Waals surface area contributed by atoms with Gasteiger partial charge in [0.1, 0.15) is 5.69 Å². The van der Waals surface area contributed by atoms with Gasteiger partial charge in [0.2, 0.25) is 5.96 Å². The Morgan fingerprint density at radius 1 is 1.28 bits per heavy atom. The molecule has 8 heteroatoms. The Morgan fingerprint density at radius 2 is 1.94 bits per heavy atom. The Balaban J connectivity index is 3.11. The van der Waals surface area contributed by atoms with E-state index in [9.17, 15) is 8.78 Å².